The fraction of sp³-hybridized carbons (Fsp3) is 0.333. The molecule has 1 fully saturated rings. The first-order valence-electron chi connectivity index (χ1n) is 5.60. The largest absolute Gasteiger partial charge is 0.363 e. The lowest BCUT2D eigenvalue weighted by atomic mass is 10.3. The van der Waals surface area contributed by atoms with E-state index in [1.54, 1.807) is 18.2 Å². The molecule has 2 rings (SSSR count). The highest BCUT2D eigenvalue weighted by Crippen LogP contribution is 2.22. The Hall–Kier alpha value is -1.26. The summed E-state index contributed by atoms with van der Waals surface area (Å²) in [6, 6.07) is 4.46. The Balaban J connectivity index is 2.07. The number of carbonyl (C=O) groups is 1. The zero-order valence-electron chi connectivity index (χ0n) is 9.91. The second kappa shape index (κ2) is 5.59. The van der Waals surface area contributed by atoms with Gasteiger partial charge >= 0.3 is 6.03 Å². The molecule has 6 heteroatoms. The summed E-state index contributed by atoms with van der Waals surface area (Å²) < 4.78 is 0. The van der Waals surface area contributed by atoms with E-state index >= 15 is 0 Å². The van der Waals surface area contributed by atoms with Crippen LogP contribution < -0.4 is 5.32 Å². The molecular formula is C12H13Cl2N3O. The second-order valence-electron chi connectivity index (χ2n) is 4.14. The van der Waals surface area contributed by atoms with Crippen molar-refractivity contribution in [3.05, 3.63) is 28.2 Å². The van der Waals surface area contributed by atoms with Gasteiger partial charge in [-0.25, -0.2) is 4.79 Å². The molecule has 0 atom stereocenters. The molecule has 1 aromatic rings. The quantitative estimate of drug-likeness (QED) is 0.856. The number of nitrogens with one attached hydrogen (secondary N) is 1. The standard InChI is InChI=1S/C12H13Cl2N3O/c1-17-4-2-3-11(17)16-12(18)15-10-6-8(13)5-9(14)7-10/h5-7H,2-4H2,1H3,(H,15,18)/b16-11-. The second-order valence-corrected chi connectivity index (χ2v) is 5.01. The number of aliphatic imine (C=N–C) groups is 1. The van der Waals surface area contributed by atoms with Crippen LogP contribution in [0.15, 0.2) is 23.2 Å². The molecule has 0 unspecified atom stereocenters. The van der Waals surface area contributed by atoms with Gasteiger partial charge in [-0.1, -0.05) is 23.2 Å². The minimum Gasteiger partial charge on any atom is -0.363 e. The predicted octanol–water partition coefficient (Wildman–Crippen LogP) is 3.65. The molecule has 1 saturated heterocycles. The van der Waals surface area contributed by atoms with Gasteiger partial charge in [0.2, 0.25) is 0 Å². The molecule has 1 heterocycles. The topological polar surface area (TPSA) is 44.7 Å². The van der Waals surface area contributed by atoms with E-state index in [4.69, 9.17) is 23.2 Å². The first-order valence-corrected chi connectivity index (χ1v) is 6.36. The van der Waals surface area contributed by atoms with Gasteiger partial charge in [0.1, 0.15) is 5.84 Å². The monoisotopic (exact) mass is 285 g/mol. The van der Waals surface area contributed by atoms with Gasteiger partial charge in [0, 0.05) is 35.7 Å². The Morgan fingerprint density at radius 2 is 2.00 bits per heavy atom. The van der Waals surface area contributed by atoms with E-state index in [1.807, 2.05) is 11.9 Å². The number of rotatable bonds is 1. The zero-order valence-corrected chi connectivity index (χ0v) is 11.4. The lowest BCUT2D eigenvalue weighted by Crippen LogP contribution is -2.21. The maximum Gasteiger partial charge on any atom is 0.347 e. The molecule has 0 spiro atoms. The van der Waals surface area contributed by atoms with Crippen LogP contribution in [0.25, 0.3) is 0 Å². The van der Waals surface area contributed by atoms with Gasteiger partial charge in [-0.3, -0.25) is 0 Å². The average Bonchev–Trinajstić information content (AvgIpc) is 2.62. The molecule has 1 aliphatic rings. The number of carbonyl (C=O) groups excluding carboxylic acids is 1. The van der Waals surface area contributed by atoms with Crippen LogP contribution >= 0.6 is 23.2 Å². The van der Waals surface area contributed by atoms with Crippen molar-refractivity contribution in [3.8, 4) is 0 Å². The highest BCUT2D eigenvalue weighted by Gasteiger charge is 2.15. The molecule has 4 nitrogen and oxygen atoms in total. The number of halogens is 2. The highest BCUT2D eigenvalue weighted by atomic mass is 35.5. The summed E-state index contributed by atoms with van der Waals surface area (Å²) in [5, 5.41) is 3.60. The summed E-state index contributed by atoms with van der Waals surface area (Å²) in [5.41, 5.74) is 0.544. The Morgan fingerprint density at radius 3 is 2.56 bits per heavy atom. The maximum absolute atomic E-state index is 11.7. The molecule has 0 aromatic heterocycles. The minimum absolute atomic E-state index is 0.405. The summed E-state index contributed by atoms with van der Waals surface area (Å²) in [7, 11) is 1.93. The fourth-order valence-electron chi connectivity index (χ4n) is 1.83. The molecule has 0 bridgehead atoms. The summed E-state index contributed by atoms with van der Waals surface area (Å²) >= 11 is 11.7. The molecule has 96 valence electrons. The summed E-state index contributed by atoms with van der Waals surface area (Å²) in [6.07, 6.45) is 1.87. The van der Waals surface area contributed by atoms with Gasteiger partial charge in [0.15, 0.2) is 0 Å². The number of amides is 2. The van der Waals surface area contributed by atoms with Crippen LogP contribution in [0.3, 0.4) is 0 Å². The van der Waals surface area contributed by atoms with Crippen molar-refractivity contribution >= 4 is 40.8 Å². The van der Waals surface area contributed by atoms with Gasteiger partial charge in [-0.2, -0.15) is 4.99 Å². The number of anilines is 1. The van der Waals surface area contributed by atoms with Crippen LogP contribution in [0.2, 0.25) is 10.0 Å². The van der Waals surface area contributed by atoms with Crippen molar-refractivity contribution < 1.29 is 4.79 Å². The molecule has 0 aliphatic carbocycles. The predicted molar refractivity (Wildman–Crippen MR) is 74.8 cm³/mol. The van der Waals surface area contributed by atoms with E-state index in [0.717, 1.165) is 25.2 Å². The van der Waals surface area contributed by atoms with E-state index in [9.17, 15) is 4.79 Å². The van der Waals surface area contributed by atoms with Crippen molar-refractivity contribution in [2.75, 3.05) is 18.9 Å². The molecule has 1 aromatic carbocycles. The van der Waals surface area contributed by atoms with Gasteiger partial charge in [0.05, 0.1) is 0 Å². The van der Waals surface area contributed by atoms with Crippen LogP contribution in [0, 0.1) is 0 Å². The van der Waals surface area contributed by atoms with Crippen molar-refractivity contribution in [2.24, 2.45) is 4.99 Å². The highest BCUT2D eigenvalue weighted by molar-refractivity contribution is 6.35. The number of benzene rings is 1. The van der Waals surface area contributed by atoms with Gasteiger partial charge in [-0.05, 0) is 24.6 Å². The summed E-state index contributed by atoms with van der Waals surface area (Å²) in [4.78, 5) is 17.7. The van der Waals surface area contributed by atoms with Gasteiger partial charge in [0.25, 0.3) is 0 Å². The van der Waals surface area contributed by atoms with Gasteiger partial charge < -0.3 is 10.2 Å². The van der Waals surface area contributed by atoms with Crippen LogP contribution in [0.4, 0.5) is 10.5 Å². The van der Waals surface area contributed by atoms with Crippen LogP contribution in [-0.4, -0.2) is 30.4 Å². The first-order chi connectivity index (χ1) is 8.54. The minimum atomic E-state index is -0.405. The Labute approximate surface area is 116 Å². The van der Waals surface area contributed by atoms with E-state index in [2.05, 4.69) is 10.3 Å². The SMILES string of the molecule is CN1CCC/C1=N/C(=O)Nc1cc(Cl)cc(Cl)c1. The van der Waals surface area contributed by atoms with E-state index < -0.39 is 6.03 Å². The third-order valence-corrected chi connectivity index (χ3v) is 3.12. The van der Waals surface area contributed by atoms with Crippen LogP contribution in [-0.2, 0) is 0 Å². The van der Waals surface area contributed by atoms with Crippen molar-refractivity contribution in [1.82, 2.24) is 4.90 Å². The molecule has 18 heavy (non-hydrogen) atoms. The molecule has 0 saturated carbocycles. The van der Waals surface area contributed by atoms with Crippen LogP contribution in [0.5, 0.6) is 0 Å². The number of urea groups is 1. The van der Waals surface area contributed by atoms with E-state index in [0.29, 0.717) is 15.7 Å². The Morgan fingerprint density at radius 1 is 1.33 bits per heavy atom. The average molecular weight is 286 g/mol. The number of hydrogen-bond donors (Lipinski definition) is 1. The molecule has 2 amide bonds. The van der Waals surface area contributed by atoms with Crippen molar-refractivity contribution in [3.63, 3.8) is 0 Å². The molecule has 1 N–H and O–H groups in total. The summed E-state index contributed by atoms with van der Waals surface area (Å²) in [6.45, 7) is 0.940. The normalized spacial score (nSPS) is 17.3. The number of likely N-dealkylation sites (tertiary alicyclic amines) is 1. The first kappa shape index (κ1) is 13.2. The Kier molecular flexibility index (Phi) is 4.09. The molecular weight excluding hydrogens is 273 g/mol. The third kappa shape index (κ3) is 3.37. The van der Waals surface area contributed by atoms with Crippen molar-refractivity contribution in [2.45, 2.75) is 12.8 Å². The number of hydrogen-bond acceptors (Lipinski definition) is 1. The third-order valence-electron chi connectivity index (χ3n) is 2.68. The van der Waals surface area contributed by atoms with E-state index in [1.165, 1.54) is 0 Å². The Bertz CT molecular complexity index is 482. The van der Waals surface area contributed by atoms with Crippen molar-refractivity contribution in [1.29, 1.82) is 0 Å². The summed E-state index contributed by atoms with van der Waals surface area (Å²) in [5.74, 6) is 0.806. The van der Waals surface area contributed by atoms with Gasteiger partial charge in [-0.15, -0.1) is 0 Å². The van der Waals surface area contributed by atoms with E-state index in [-0.39, 0.29) is 0 Å². The zero-order chi connectivity index (χ0) is 13.1. The number of nitrogens with zero attached hydrogens (tertiary/aromatic N) is 2. The molecule has 0 radical (unpaired) electrons. The number of amidine groups is 1. The lowest BCUT2D eigenvalue weighted by molar-refractivity contribution is 0.259. The lowest BCUT2D eigenvalue weighted by Gasteiger charge is -2.10. The smallest absolute Gasteiger partial charge is 0.347 e. The van der Waals surface area contributed by atoms with Crippen LogP contribution in [0.1, 0.15) is 12.8 Å². The molecule has 1 aliphatic heterocycles. The fourth-order valence-corrected chi connectivity index (χ4v) is 2.36. The maximum atomic E-state index is 11.7.